The Bertz CT molecular complexity index is 199. The van der Waals surface area contributed by atoms with Crippen LogP contribution in [0.5, 0.6) is 0 Å². The Balaban J connectivity index is 2.37. The van der Waals surface area contributed by atoms with E-state index in [0.29, 0.717) is 5.92 Å². The maximum Gasteiger partial charge on any atom is 0.157 e. The zero-order chi connectivity index (χ0) is 9.90. The molecule has 0 radical (unpaired) electrons. The summed E-state index contributed by atoms with van der Waals surface area (Å²) in [6.07, 6.45) is 1.21. The van der Waals surface area contributed by atoms with Crippen molar-refractivity contribution in [3.8, 4) is 0 Å². The minimum Gasteiger partial charge on any atom is -0.359 e. The van der Waals surface area contributed by atoms with Gasteiger partial charge < -0.3 is 5.32 Å². The molecule has 2 nitrogen and oxygen atoms in total. The fourth-order valence-corrected chi connectivity index (χ4v) is 2.15. The first-order valence-electron chi connectivity index (χ1n) is 4.99. The van der Waals surface area contributed by atoms with Gasteiger partial charge in [0.25, 0.3) is 0 Å². The lowest BCUT2D eigenvalue weighted by Gasteiger charge is -2.16. The van der Waals surface area contributed by atoms with Gasteiger partial charge in [0.15, 0.2) is 5.17 Å². The third-order valence-corrected chi connectivity index (χ3v) is 3.63. The van der Waals surface area contributed by atoms with Crippen molar-refractivity contribution in [1.29, 1.82) is 0 Å². The van der Waals surface area contributed by atoms with Crippen molar-refractivity contribution < 1.29 is 0 Å². The van der Waals surface area contributed by atoms with Gasteiger partial charge in [0.1, 0.15) is 0 Å². The predicted octanol–water partition coefficient (Wildman–Crippen LogP) is 2.50. The van der Waals surface area contributed by atoms with Crippen LogP contribution in [-0.2, 0) is 0 Å². The highest BCUT2D eigenvalue weighted by Gasteiger charge is 2.26. The highest BCUT2D eigenvalue weighted by Crippen LogP contribution is 2.22. The van der Waals surface area contributed by atoms with Gasteiger partial charge >= 0.3 is 0 Å². The minimum absolute atomic E-state index is 0.235. The van der Waals surface area contributed by atoms with Gasteiger partial charge in [0, 0.05) is 17.8 Å². The molecular formula is C10H20N2S. The summed E-state index contributed by atoms with van der Waals surface area (Å²) in [5.41, 5.74) is 0.235. The fraction of sp³-hybridized carbons (Fsp3) is 0.900. The zero-order valence-electron chi connectivity index (χ0n) is 9.05. The van der Waals surface area contributed by atoms with E-state index in [-0.39, 0.29) is 5.54 Å². The van der Waals surface area contributed by atoms with Gasteiger partial charge in [-0.15, -0.1) is 0 Å². The molecule has 0 amide bonds. The van der Waals surface area contributed by atoms with Crippen LogP contribution in [0.15, 0.2) is 4.99 Å². The zero-order valence-corrected chi connectivity index (χ0v) is 9.87. The second-order valence-corrected chi connectivity index (χ2v) is 5.42. The van der Waals surface area contributed by atoms with Crippen molar-refractivity contribution in [2.24, 2.45) is 10.9 Å². The van der Waals surface area contributed by atoms with Crippen LogP contribution < -0.4 is 5.32 Å². The van der Waals surface area contributed by atoms with Crippen molar-refractivity contribution in [2.75, 3.05) is 12.3 Å². The van der Waals surface area contributed by atoms with Crippen LogP contribution in [0.25, 0.3) is 0 Å². The Morgan fingerprint density at radius 1 is 1.62 bits per heavy atom. The fourth-order valence-electron chi connectivity index (χ4n) is 1.06. The summed E-state index contributed by atoms with van der Waals surface area (Å²) in [4.78, 5) is 4.56. The molecule has 0 aliphatic carbocycles. The smallest absolute Gasteiger partial charge is 0.157 e. The standard InChI is InChI=1S/C10H20N2S/c1-5-8(2)6-11-9-12-10(3,4)7-13-9/h8H,5-7H2,1-4H3,(H,11,12). The summed E-state index contributed by atoms with van der Waals surface area (Å²) in [7, 11) is 0. The number of nitrogens with zero attached hydrogens (tertiary/aromatic N) is 1. The lowest BCUT2D eigenvalue weighted by molar-refractivity contribution is 0.532. The Kier molecular flexibility index (Phi) is 3.65. The van der Waals surface area contributed by atoms with Gasteiger partial charge in [-0.3, -0.25) is 4.99 Å². The third kappa shape index (κ3) is 3.59. The monoisotopic (exact) mass is 200 g/mol. The van der Waals surface area contributed by atoms with Crippen LogP contribution in [0.3, 0.4) is 0 Å². The third-order valence-electron chi connectivity index (χ3n) is 2.26. The summed E-state index contributed by atoms with van der Waals surface area (Å²) >= 11 is 1.84. The van der Waals surface area contributed by atoms with E-state index in [2.05, 4.69) is 38.0 Å². The molecule has 0 spiro atoms. The molecule has 76 valence electrons. The molecule has 1 atom stereocenters. The van der Waals surface area contributed by atoms with E-state index in [1.165, 1.54) is 6.42 Å². The number of thioether (sulfide) groups is 1. The first-order chi connectivity index (χ1) is 6.03. The van der Waals surface area contributed by atoms with Crippen molar-refractivity contribution in [3.05, 3.63) is 0 Å². The first-order valence-corrected chi connectivity index (χ1v) is 5.97. The van der Waals surface area contributed by atoms with Gasteiger partial charge in [-0.2, -0.15) is 0 Å². The van der Waals surface area contributed by atoms with Crippen molar-refractivity contribution in [2.45, 2.75) is 39.7 Å². The number of rotatable bonds is 3. The summed E-state index contributed by atoms with van der Waals surface area (Å²) < 4.78 is 0. The molecule has 1 saturated heterocycles. The SMILES string of the molecule is CCC(C)CN=C1NC(C)(C)CS1. The number of hydrogen-bond donors (Lipinski definition) is 1. The summed E-state index contributed by atoms with van der Waals surface area (Å²) in [5.74, 6) is 1.84. The van der Waals surface area contributed by atoms with Crippen LogP contribution in [0, 0.1) is 5.92 Å². The number of amidine groups is 1. The number of aliphatic imine (C=N–C) groups is 1. The van der Waals surface area contributed by atoms with Crippen LogP contribution in [0.2, 0.25) is 0 Å². The second kappa shape index (κ2) is 4.36. The van der Waals surface area contributed by atoms with Crippen molar-refractivity contribution in [1.82, 2.24) is 5.32 Å². The molecule has 0 aromatic rings. The lowest BCUT2D eigenvalue weighted by atomic mass is 10.1. The molecule has 0 aromatic carbocycles. The maximum absolute atomic E-state index is 4.56. The van der Waals surface area contributed by atoms with Gasteiger partial charge in [-0.1, -0.05) is 32.0 Å². The Labute approximate surface area is 85.6 Å². The second-order valence-electron chi connectivity index (χ2n) is 4.46. The largest absolute Gasteiger partial charge is 0.359 e. The molecule has 1 unspecified atom stereocenters. The Morgan fingerprint density at radius 2 is 2.31 bits per heavy atom. The highest BCUT2D eigenvalue weighted by molar-refractivity contribution is 8.14. The van der Waals surface area contributed by atoms with E-state index in [0.717, 1.165) is 17.5 Å². The van der Waals surface area contributed by atoms with Gasteiger partial charge in [-0.05, 0) is 19.8 Å². The van der Waals surface area contributed by atoms with E-state index < -0.39 is 0 Å². The minimum atomic E-state index is 0.235. The molecule has 0 bridgehead atoms. The first kappa shape index (κ1) is 10.9. The Morgan fingerprint density at radius 3 is 2.77 bits per heavy atom. The van der Waals surface area contributed by atoms with E-state index in [4.69, 9.17) is 0 Å². The topological polar surface area (TPSA) is 24.4 Å². The average Bonchev–Trinajstić information content (AvgIpc) is 2.41. The molecule has 1 N–H and O–H groups in total. The Hall–Kier alpha value is -0.180. The van der Waals surface area contributed by atoms with Gasteiger partial charge in [0.2, 0.25) is 0 Å². The van der Waals surface area contributed by atoms with Crippen molar-refractivity contribution >= 4 is 16.9 Å². The molecule has 1 aliphatic rings. The highest BCUT2D eigenvalue weighted by atomic mass is 32.2. The summed E-state index contributed by atoms with van der Waals surface area (Å²) in [5, 5.41) is 4.55. The normalized spacial score (nSPS) is 26.0. The lowest BCUT2D eigenvalue weighted by Crippen LogP contribution is -2.37. The number of hydrogen-bond acceptors (Lipinski definition) is 2. The molecule has 0 aromatic heterocycles. The molecule has 1 fully saturated rings. The van der Waals surface area contributed by atoms with E-state index in [1.54, 1.807) is 0 Å². The summed E-state index contributed by atoms with van der Waals surface area (Å²) in [6, 6.07) is 0. The quantitative estimate of drug-likeness (QED) is 0.757. The van der Waals surface area contributed by atoms with E-state index in [9.17, 15) is 0 Å². The summed E-state index contributed by atoms with van der Waals surface area (Å²) in [6.45, 7) is 9.85. The predicted molar refractivity (Wildman–Crippen MR) is 61.4 cm³/mol. The molecular weight excluding hydrogens is 180 g/mol. The molecule has 13 heavy (non-hydrogen) atoms. The van der Waals surface area contributed by atoms with Crippen LogP contribution in [0.1, 0.15) is 34.1 Å². The molecule has 1 heterocycles. The van der Waals surface area contributed by atoms with E-state index in [1.807, 2.05) is 11.8 Å². The molecule has 3 heteroatoms. The van der Waals surface area contributed by atoms with E-state index >= 15 is 0 Å². The van der Waals surface area contributed by atoms with Gasteiger partial charge in [-0.25, -0.2) is 0 Å². The molecule has 1 aliphatic heterocycles. The van der Waals surface area contributed by atoms with Crippen LogP contribution in [-0.4, -0.2) is 23.0 Å². The average molecular weight is 200 g/mol. The molecule has 0 saturated carbocycles. The maximum atomic E-state index is 4.56. The van der Waals surface area contributed by atoms with Crippen LogP contribution in [0.4, 0.5) is 0 Å². The van der Waals surface area contributed by atoms with Gasteiger partial charge in [0.05, 0.1) is 0 Å². The molecule has 1 rings (SSSR count). The number of nitrogens with one attached hydrogen (secondary N) is 1. The van der Waals surface area contributed by atoms with Crippen LogP contribution >= 0.6 is 11.8 Å². The van der Waals surface area contributed by atoms with Crippen molar-refractivity contribution in [3.63, 3.8) is 0 Å².